The molecule has 2 aromatic rings. The minimum absolute atomic E-state index is 0.00387. The van der Waals surface area contributed by atoms with Gasteiger partial charge in [-0.05, 0) is 54.7 Å². The monoisotopic (exact) mass is 375 g/mol. The van der Waals surface area contributed by atoms with E-state index < -0.39 is 0 Å². The van der Waals surface area contributed by atoms with E-state index in [9.17, 15) is 4.79 Å². The number of thiocarbonyl (C=S) groups is 1. The van der Waals surface area contributed by atoms with Crippen molar-refractivity contribution in [3.63, 3.8) is 0 Å². The van der Waals surface area contributed by atoms with E-state index in [1.165, 1.54) is 17.6 Å². The maximum Gasteiger partial charge on any atom is 0.305 e. The Hall–Kier alpha value is -1.99. The van der Waals surface area contributed by atoms with Crippen molar-refractivity contribution in [3.8, 4) is 0 Å². The van der Waals surface area contributed by atoms with Gasteiger partial charge in [0.2, 0.25) is 0 Å². The summed E-state index contributed by atoms with van der Waals surface area (Å²) in [5, 5.41) is 6.24. The standard InChI is InChI=1S/C18H21N3O2S2/c1-12-8-11-25-17(12)16-15(13-6-3-4-9-19-13)20-18(24)21(16)10-5-7-14(22)23-2/h3-4,6,8-9,11,15-16H,5,7,10H2,1-2H3,(H,20,24)/t15-,16+/m0/s1. The van der Waals surface area contributed by atoms with Gasteiger partial charge in [0, 0.05) is 24.0 Å². The highest BCUT2D eigenvalue weighted by Gasteiger charge is 2.40. The summed E-state index contributed by atoms with van der Waals surface area (Å²) < 4.78 is 4.74. The number of rotatable bonds is 6. The maximum atomic E-state index is 11.4. The van der Waals surface area contributed by atoms with Crippen molar-refractivity contribution >= 4 is 34.6 Å². The van der Waals surface area contributed by atoms with E-state index in [0.29, 0.717) is 24.5 Å². The normalized spacial score (nSPS) is 19.8. The third kappa shape index (κ3) is 3.82. The Bertz CT molecular complexity index is 748. The van der Waals surface area contributed by atoms with Gasteiger partial charge in [-0.3, -0.25) is 9.78 Å². The van der Waals surface area contributed by atoms with Gasteiger partial charge in [0.25, 0.3) is 0 Å². The minimum Gasteiger partial charge on any atom is -0.469 e. The van der Waals surface area contributed by atoms with Crippen LogP contribution in [-0.4, -0.2) is 34.6 Å². The smallest absolute Gasteiger partial charge is 0.305 e. The molecule has 2 atom stereocenters. The summed E-state index contributed by atoms with van der Waals surface area (Å²) in [6, 6.07) is 8.14. The Morgan fingerprint density at radius 2 is 2.28 bits per heavy atom. The second kappa shape index (κ2) is 7.93. The molecule has 3 rings (SSSR count). The first-order valence-electron chi connectivity index (χ1n) is 8.20. The molecule has 1 fully saturated rings. The average Bonchev–Trinajstić information content (AvgIpc) is 3.18. The Kier molecular flexibility index (Phi) is 5.65. The first-order valence-corrected chi connectivity index (χ1v) is 9.49. The molecule has 0 spiro atoms. The lowest BCUT2D eigenvalue weighted by Gasteiger charge is -2.27. The lowest BCUT2D eigenvalue weighted by molar-refractivity contribution is -0.140. The number of hydrogen-bond donors (Lipinski definition) is 1. The number of aromatic nitrogens is 1. The molecule has 0 radical (unpaired) electrons. The van der Waals surface area contributed by atoms with Crippen molar-refractivity contribution in [2.75, 3.05) is 13.7 Å². The molecule has 2 aromatic heterocycles. The number of esters is 1. The molecule has 1 N–H and O–H groups in total. The van der Waals surface area contributed by atoms with Crippen molar-refractivity contribution in [3.05, 3.63) is 52.0 Å². The van der Waals surface area contributed by atoms with E-state index >= 15 is 0 Å². The quantitative estimate of drug-likeness (QED) is 0.617. The average molecular weight is 376 g/mol. The van der Waals surface area contributed by atoms with Gasteiger partial charge >= 0.3 is 5.97 Å². The fourth-order valence-electron chi connectivity index (χ4n) is 3.11. The van der Waals surface area contributed by atoms with Crippen molar-refractivity contribution in [2.45, 2.75) is 31.8 Å². The Morgan fingerprint density at radius 3 is 2.92 bits per heavy atom. The zero-order chi connectivity index (χ0) is 17.8. The second-order valence-electron chi connectivity index (χ2n) is 5.97. The van der Waals surface area contributed by atoms with Crippen LogP contribution in [0.1, 0.15) is 41.1 Å². The summed E-state index contributed by atoms with van der Waals surface area (Å²) in [7, 11) is 1.42. The van der Waals surface area contributed by atoms with Crippen LogP contribution < -0.4 is 5.32 Å². The van der Waals surface area contributed by atoms with E-state index in [0.717, 1.165) is 5.69 Å². The van der Waals surface area contributed by atoms with Crippen molar-refractivity contribution in [1.29, 1.82) is 0 Å². The Labute approximate surface area is 157 Å². The molecule has 1 aliphatic rings. The molecule has 1 aliphatic heterocycles. The van der Waals surface area contributed by atoms with Gasteiger partial charge in [-0.25, -0.2) is 0 Å². The maximum absolute atomic E-state index is 11.4. The Morgan fingerprint density at radius 1 is 1.44 bits per heavy atom. The summed E-state index contributed by atoms with van der Waals surface area (Å²) in [6.45, 7) is 2.82. The van der Waals surface area contributed by atoms with Crippen LogP contribution in [0.15, 0.2) is 35.8 Å². The van der Waals surface area contributed by atoms with Gasteiger partial charge < -0.3 is 15.0 Å². The van der Waals surface area contributed by atoms with Gasteiger partial charge in [0.05, 0.1) is 24.9 Å². The van der Waals surface area contributed by atoms with E-state index in [-0.39, 0.29) is 18.1 Å². The number of nitrogens with zero attached hydrogens (tertiary/aromatic N) is 2. The number of ether oxygens (including phenoxy) is 1. The van der Waals surface area contributed by atoms with Crippen LogP contribution >= 0.6 is 23.6 Å². The topological polar surface area (TPSA) is 54.5 Å². The SMILES string of the molecule is COC(=O)CCCN1C(=S)N[C@@H](c2ccccn2)[C@@H]1c1sccc1C. The van der Waals surface area contributed by atoms with Crippen LogP contribution in [-0.2, 0) is 9.53 Å². The lowest BCUT2D eigenvalue weighted by Crippen LogP contribution is -2.30. The van der Waals surface area contributed by atoms with Gasteiger partial charge in [0.15, 0.2) is 5.11 Å². The summed E-state index contributed by atoms with van der Waals surface area (Å²) in [4.78, 5) is 19.4. The number of methoxy groups -OCH3 is 1. The van der Waals surface area contributed by atoms with Crippen LogP contribution in [0.4, 0.5) is 0 Å². The molecule has 0 aliphatic carbocycles. The van der Waals surface area contributed by atoms with Gasteiger partial charge in [-0.15, -0.1) is 11.3 Å². The summed E-state index contributed by atoms with van der Waals surface area (Å²) in [6.07, 6.45) is 2.89. The first kappa shape index (κ1) is 17.8. The minimum atomic E-state index is -0.191. The number of nitrogens with one attached hydrogen (secondary N) is 1. The zero-order valence-corrected chi connectivity index (χ0v) is 15.9. The summed E-state index contributed by atoms with van der Waals surface area (Å²) >= 11 is 7.33. The molecule has 132 valence electrons. The summed E-state index contributed by atoms with van der Waals surface area (Å²) in [5.74, 6) is -0.191. The Balaban J connectivity index is 1.86. The highest BCUT2D eigenvalue weighted by Crippen LogP contribution is 2.41. The van der Waals surface area contributed by atoms with E-state index in [2.05, 4.69) is 33.6 Å². The third-order valence-corrected chi connectivity index (χ3v) is 5.82. The molecule has 0 aromatic carbocycles. The highest BCUT2D eigenvalue weighted by molar-refractivity contribution is 7.80. The number of thiophene rings is 1. The number of pyridine rings is 1. The van der Waals surface area contributed by atoms with E-state index in [1.807, 2.05) is 18.2 Å². The van der Waals surface area contributed by atoms with Crippen LogP contribution in [0.25, 0.3) is 0 Å². The van der Waals surface area contributed by atoms with Gasteiger partial charge in [-0.1, -0.05) is 6.07 Å². The molecule has 0 amide bonds. The molecule has 0 bridgehead atoms. The van der Waals surface area contributed by atoms with Crippen LogP contribution in [0, 0.1) is 6.92 Å². The number of aryl methyl sites for hydroxylation is 1. The second-order valence-corrected chi connectivity index (χ2v) is 7.30. The molecule has 1 saturated heterocycles. The molecular formula is C18H21N3O2S2. The molecule has 5 nitrogen and oxygen atoms in total. The van der Waals surface area contributed by atoms with Crippen molar-refractivity contribution in [2.24, 2.45) is 0 Å². The predicted molar refractivity (Wildman–Crippen MR) is 102 cm³/mol. The van der Waals surface area contributed by atoms with Gasteiger partial charge in [-0.2, -0.15) is 0 Å². The predicted octanol–water partition coefficient (Wildman–Crippen LogP) is 3.38. The molecule has 0 unspecified atom stereocenters. The molecule has 25 heavy (non-hydrogen) atoms. The largest absolute Gasteiger partial charge is 0.469 e. The molecule has 0 saturated carbocycles. The van der Waals surface area contributed by atoms with Crippen molar-refractivity contribution in [1.82, 2.24) is 15.2 Å². The van der Waals surface area contributed by atoms with Gasteiger partial charge in [0.1, 0.15) is 0 Å². The fraction of sp³-hybridized carbons (Fsp3) is 0.389. The third-order valence-electron chi connectivity index (χ3n) is 4.38. The molecular weight excluding hydrogens is 354 g/mol. The number of carbonyl (C=O) groups is 1. The van der Waals surface area contributed by atoms with Crippen LogP contribution in [0.5, 0.6) is 0 Å². The highest BCUT2D eigenvalue weighted by atomic mass is 32.1. The van der Waals surface area contributed by atoms with Crippen molar-refractivity contribution < 1.29 is 9.53 Å². The van der Waals surface area contributed by atoms with Crippen LogP contribution in [0.2, 0.25) is 0 Å². The number of carbonyl (C=O) groups excluding carboxylic acids is 1. The van der Waals surface area contributed by atoms with E-state index in [1.54, 1.807) is 17.5 Å². The summed E-state index contributed by atoms with van der Waals surface area (Å²) in [5.41, 5.74) is 2.22. The zero-order valence-electron chi connectivity index (χ0n) is 14.3. The lowest BCUT2D eigenvalue weighted by atomic mass is 10.0. The van der Waals surface area contributed by atoms with E-state index in [4.69, 9.17) is 17.0 Å². The number of hydrogen-bond acceptors (Lipinski definition) is 5. The van der Waals surface area contributed by atoms with Crippen LogP contribution in [0.3, 0.4) is 0 Å². The molecule has 3 heterocycles. The first-order chi connectivity index (χ1) is 12.1. The fourth-order valence-corrected chi connectivity index (χ4v) is 4.52. The molecule has 7 heteroatoms.